The van der Waals surface area contributed by atoms with E-state index >= 15 is 0 Å². The maximum atomic E-state index is 9.20. The molecule has 0 spiro atoms. The Bertz CT molecular complexity index is 180. The summed E-state index contributed by atoms with van der Waals surface area (Å²) in [4.78, 5) is 0. The van der Waals surface area contributed by atoms with Crippen molar-refractivity contribution in [1.82, 2.24) is 5.32 Å². The third-order valence-electron chi connectivity index (χ3n) is 3.80. The Kier molecular flexibility index (Phi) is 1.88. The van der Waals surface area contributed by atoms with Gasteiger partial charge in [-0.05, 0) is 50.4 Å². The molecule has 0 aromatic rings. The molecule has 0 radical (unpaired) electrons. The van der Waals surface area contributed by atoms with E-state index in [0.29, 0.717) is 6.04 Å². The molecule has 0 atom stereocenters. The highest BCUT2D eigenvalue weighted by molar-refractivity contribution is 4.99. The Balaban J connectivity index is 1.50. The molecule has 0 amide bonds. The Labute approximate surface area is 79.7 Å². The summed E-state index contributed by atoms with van der Waals surface area (Å²) in [6.45, 7) is 0. The van der Waals surface area contributed by atoms with Crippen LogP contribution >= 0.6 is 0 Å². The van der Waals surface area contributed by atoms with Gasteiger partial charge in [0.05, 0.1) is 6.10 Å². The van der Waals surface area contributed by atoms with Crippen LogP contribution in [-0.4, -0.2) is 23.3 Å². The maximum absolute atomic E-state index is 9.20. The minimum atomic E-state index is -0.00319. The zero-order valence-corrected chi connectivity index (χ0v) is 8.08. The van der Waals surface area contributed by atoms with E-state index in [-0.39, 0.29) is 6.10 Å². The van der Waals surface area contributed by atoms with Gasteiger partial charge in [0.25, 0.3) is 0 Å². The number of nitrogens with one attached hydrogen (secondary N) is 1. The van der Waals surface area contributed by atoms with E-state index in [9.17, 15) is 5.11 Å². The molecule has 13 heavy (non-hydrogen) atoms. The van der Waals surface area contributed by atoms with Crippen molar-refractivity contribution in [3.63, 3.8) is 0 Å². The standard InChI is InChI=1S/C11H19NO/c13-10-5-9(6-10)12-11(7-1-2-7)8-3-4-8/h7-13H,1-6H2. The summed E-state index contributed by atoms with van der Waals surface area (Å²) >= 11 is 0. The van der Waals surface area contributed by atoms with Crippen molar-refractivity contribution in [2.24, 2.45) is 11.8 Å². The minimum absolute atomic E-state index is 0.00319. The van der Waals surface area contributed by atoms with Gasteiger partial charge in [0, 0.05) is 12.1 Å². The fourth-order valence-electron chi connectivity index (χ4n) is 2.56. The molecular formula is C11H19NO. The van der Waals surface area contributed by atoms with E-state index in [4.69, 9.17) is 0 Å². The molecule has 3 aliphatic carbocycles. The van der Waals surface area contributed by atoms with Gasteiger partial charge in [-0.2, -0.15) is 0 Å². The van der Waals surface area contributed by atoms with Gasteiger partial charge in [-0.3, -0.25) is 0 Å². The zero-order chi connectivity index (χ0) is 8.84. The highest BCUT2D eigenvalue weighted by Gasteiger charge is 2.43. The lowest BCUT2D eigenvalue weighted by Gasteiger charge is -2.35. The summed E-state index contributed by atoms with van der Waals surface area (Å²) in [5, 5.41) is 12.9. The molecule has 3 fully saturated rings. The summed E-state index contributed by atoms with van der Waals surface area (Å²) in [7, 11) is 0. The molecule has 3 rings (SSSR count). The van der Waals surface area contributed by atoms with Crippen molar-refractivity contribution < 1.29 is 5.11 Å². The molecule has 3 aliphatic rings. The normalized spacial score (nSPS) is 39.2. The minimum Gasteiger partial charge on any atom is -0.393 e. The van der Waals surface area contributed by atoms with Gasteiger partial charge in [0.15, 0.2) is 0 Å². The third-order valence-corrected chi connectivity index (χ3v) is 3.80. The van der Waals surface area contributed by atoms with E-state index in [1.54, 1.807) is 0 Å². The van der Waals surface area contributed by atoms with Gasteiger partial charge < -0.3 is 10.4 Å². The second kappa shape index (κ2) is 2.96. The van der Waals surface area contributed by atoms with Crippen LogP contribution in [0.1, 0.15) is 38.5 Å². The van der Waals surface area contributed by atoms with E-state index < -0.39 is 0 Å². The first kappa shape index (κ1) is 8.25. The van der Waals surface area contributed by atoms with Gasteiger partial charge in [-0.25, -0.2) is 0 Å². The Morgan fingerprint density at radius 3 is 1.92 bits per heavy atom. The third kappa shape index (κ3) is 1.75. The van der Waals surface area contributed by atoms with Crippen LogP contribution in [0.2, 0.25) is 0 Å². The van der Waals surface area contributed by atoms with E-state index in [0.717, 1.165) is 30.7 Å². The van der Waals surface area contributed by atoms with E-state index in [2.05, 4.69) is 5.32 Å². The second-order valence-electron chi connectivity index (χ2n) is 5.19. The van der Waals surface area contributed by atoms with Crippen LogP contribution in [0, 0.1) is 11.8 Å². The number of aliphatic hydroxyl groups excluding tert-OH is 1. The summed E-state index contributed by atoms with van der Waals surface area (Å²) in [6.07, 6.45) is 7.78. The Morgan fingerprint density at radius 2 is 1.54 bits per heavy atom. The smallest absolute Gasteiger partial charge is 0.0570 e. The summed E-state index contributed by atoms with van der Waals surface area (Å²) in [6, 6.07) is 1.46. The highest BCUT2D eigenvalue weighted by atomic mass is 16.3. The Morgan fingerprint density at radius 1 is 1.00 bits per heavy atom. The van der Waals surface area contributed by atoms with Crippen molar-refractivity contribution >= 4 is 0 Å². The number of hydrogen-bond donors (Lipinski definition) is 2. The molecule has 0 saturated heterocycles. The zero-order valence-electron chi connectivity index (χ0n) is 8.08. The maximum Gasteiger partial charge on any atom is 0.0570 e. The van der Waals surface area contributed by atoms with Crippen LogP contribution < -0.4 is 5.32 Å². The lowest BCUT2D eigenvalue weighted by atomic mass is 9.88. The average Bonchev–Trinajstić information content (AvgIpc) is 2.85. The van der Waals surface area contributed by atoms with Crippen LogP contribution in [0.3, 0.4) is 0 Å². The molecular weight excluding hydrogens is 162 g/mol. The summed E-state index contributed by atoms with van der Waals surface area (Å²) in [5.41, 5.74) is 0. The molecule has 0 unspecified atom stereocenters. The molecule has 3 saturated carbocycles. The molecule has 2 heteroatoms. The molecule has 0 aromatic carbocycles. The van der Waals surface area contributed by atoms with Gasteiger partial charge in [0.1, 0.15) is 0 Å². The number of rotatable bonds is 4. The first-order valence-corrected chi connectivity index (χ1v) is 5.77. The van der Waals surface area contributed by atoms with E-state index in [1.165, 1.54) is 25.7 Å². The lowest BCUT2D eigenvalue weighted by Crippen LogP contribution is -2.50. The predicted molar refractivity (Wildman–Crippen MR) is 51.4 cm³/mol. The SMILES string of the molecule is OC1CC(NC(C2CC2)C2CC2)C1. The number of aliphatic hydroxyl groups is 1. The largest absolute Gasteiger partial charge is 0.393 e. The topological polar surface area (TPSA) is 32.3 Å². The van der Waals surface area contributed by atoms with E-state index in [1.807, 2.05) is 0 Å². The van der Waals surface area contributed by atoms with Gasteiger partial charge in [0.2, 0.25) is 0 Å². The van der Waals surface area contributed by atoms with Gasteiger partial charge in [-0.1, -0.05) is 0 Å². The summed E-state index contributed by atoms with van der Waals surface area (Å²) in [5.74, 6) is 1.98. The fourth-order valence-corrected chi connectivity index (χ4v) is 2.56. The number of hydrogen-bond acceptors (Lipinski definition) is 2. The summed E-state index contributed by atoms with van der Waals surface area (Å²) < 4.78 is 0. The average molecular weight is 181 g/mol. The highest BCUT2D eigenvalue weighted by Crippen LogP contribution is 2.45. The molecule has 2 N–H and O–H groups in total. The van der Waals surface area contributed by atoms with Crippen molar-refractivity contribution in [2.45, 2.75) is 56.7 Å². The van der Waals surface area contributed by atoms with Gasteiger partial charge in [-0.15, -0.1) is 0 Å². The molecule has 2 nitrogen and oxygen atoms in total. The van der Waals surface area contributed by atoms with Crippen LogP contribution in [-0.2, 0) is 0 Å². The van der Waals surface area contributed by atoms with Crippen LogP contribution in [0.5, 0.6) is 0 Å². The van der Waals surface area contributed by atoms with Crippen LogP contribution in [0.4, 0.5) is 0 Å². The van der Waals surface area contributed by atoms with Crippen LogP contribution in [0.25, 0.3) is 0 Å². The lowest BCUT2D eigenvalue weighted by molar-refractivity contribution is 0.0549. The van der Waals surface area contributed by atoms with Crippen molar-refractivity contribution in [3.05, 3.63) is 0 Å². The molecule has 0 bridgehead atoms. The first-order valence-electron chi connectivity index (χ1n) is 5.77. The van der Waals surface area contributed by atoms with Crippen molar-refractivity contribution in [3.8, 4) is 0 Å². The predicted octanol–water partition coefficient (Wildman–Crippen LogP) is 1.29. The van der Waals surface area contributed by atoms with Crippen molar-refractivity contribution in [2.75, 3.05) is 0 Å². The quantitative estimate of drug-likeness (QED) is 0.685. The second-order valence-corrected chi connectivity index (χ2v) is 5.19. The molecule has 0 aliphatic heterocycles. The Hall–Kier alpha value is -0.0800. The van der Waals surface area contributed by atoms with Gasteiger partial charge >= 0.3 is 0 Å². The monoisotopic (exact) mass is 181 g/mol. The van der Waals surface area contributed by atoms with Crippen molar-refractivity contribution in [1.29, 1.82) is 0 Å². The molecule has 0 aromatic heterocycles. The molecule has 0 heterocycles. The fraction of sp³-hybridized carbons (Fsp3) is 1.00. The molecule has 74 valence electrons. The first-order chi connectivity index (χ1) is 6.33. The van der Waals surface area contributed by atoms with Crippen LogP contribution in [0.15, 0.2) is 0 Å².